The second-order valence-corrected chi connectivity index (χ2v) is 4.75. The zero-order valence-electron chi connectivity index (χ0n) is 8.76. The van der Waals surface area contributed by atoms with Gasteiger partial charge in [-0.15, -0.1) is 0 Å². The first kappa shape index (κ1) is 9.20. The molecule has 1 spiro atoms. The number of para-hydroxylation sites is 1. The van der Waals surface area contributed by atoms with Crippen molar-refractivity contribution in [1.82, 2.24) is 0 Å². The summed E-state index contributed by atoms with van der Waals surface area (Å²) < 4.78 is 19.4. The van der Waals surface area contributed by atoms with Crippen molar-refractivity contribution in [3.63, 3.8) is 0 Å². The van der Waals surface area contributed by atoms with Crippen molar-refractivity contribution in [2.24, 2.45) is 0 Å². The molecular weight excluding hydrogens is 191 g/mol. The van der Waals surface area contributed by atoms with Gasteiger partial charge >= 0.3 is 0 Å². The van der Waals surface area contributed by atoms with Crippen LogP contribution in [0, 0.1) is 5.82 Å². The quantitative estimate of drug-likeness (QED) is 0.631. The van der Waals surface area contributed by atoms with E-state index < -0.39 is 0 Å². The number of halogens is 1. The first-order chi connectivity index (χ1) is 7.29. The predicted molar refractivity (Wildman–Crippen MR) is 56.5 cm³/mol. The molecule has 80 valence electrons. The topological polar surface area (TPSA) is 9.23 Å². The highest BCUT2D eigenvalue weighted by Gasteiger charge is 2.41. The lowest BCUT2D eigenvalue weighted by atomic mass is 9.82. The molecule has 1 heterocycles. The molecule has 1 saturated carbocycles. The van der Waals surface area contributed by atoms with Gasteiger partial charge in [0, 0.05) is 12.0 Å². The lowest BCUT2D eigenvalue weighted by molar-refractivity contribution is 0.0497. The summed E-state index contributed by atoms with van der Waals surface area (Å²) in [5.74, 6) is 0.314. The van der Waals surface area contributed by atoms with E-state index in [1.165, 1.54) is 25.3 Å². The van der Waals surface area contributed by atoms with Gasteiger partial charge in [-0.2, -0.15) is 0 Å². The lowest BCUT2D eigenvalue weighted by Crippen LogP contribution is -2.36. The molecule has 1 fully saturated rings. The molecule has 2 heteroatoms. The Bertz CT molecular complexity index is 380. The number of hydrogen-bond acceptors (Lipinski definition) is 1. The van der Waals surface area contributed by atoms with Gasteiger partial charge in [0.2, 0.25) is 0 Å². The average molecular weight is 206 g/mol. The molecule has 0 bridgehead atoms. The molecule has 0 unspecified atom stereocenters. The highest BCUT2D eigenvalue weighted by Crippen LogP contribution is 2.44. The number of hydrogen-bond donors (Lipinski definition) is 0. The first-order valence-corrected chi connectivity index (χ1v) is 5.76. The molecule has 1 aromatic rings. The molecule has 0 N–H and O–H groups in total. The molecule has 0 amide bonds. The minimum absolute atomic E-state index is 0.0667. The van der Waals surface area contributed by atoms with Crippen LogP contribution in [0.5, 0.6) is 5.75 Å². The summed E-state index contributed by atoms with van der Waals surface area (Å²) in [6.07, 6.45) is 6.80. The Morgan fingerprint density at radius 3 is 2.67 bits per heavy atom. The zero-order chi connectivity index (χ0) is 10.3. The van der Waals surface area contributed by atoms with Crippen LogP contribution in [0.1, 0.15) is 37.7 Å². The van der Waals surface area contributed by atoms with Gasteiger partial charge in [0.05, 0.1) is 0 Å². The molecule has 0 saturated heterocycles. The third kappa shape index (κ3) is 1.43. The van der Waals surface area contributed by atoms with Gasteiger partial charge in [-0.25, -0.2) is 4.39 Å². The number of rotatable bonds is 0. The van der Waals surface area contributed by atoms with Crippen LogP contribution in [0.4, 0.5) is 4.39 Å². The minimum Gasteiger partial charge on any atom is -0.484 e. The summed E-state index contributed by atoms with van der Waals surface area (Å²) in [6.45, 7) is 0. The summed E-state index contributed by atoms with van der Waals surface area (Å²) >= 11 is 0. The Morgan fingerprint density at radius 1 is 1.13 bits per heavy atom. The van der Waals surface area contributed by atoms with Crippen LogP contribution in [-0.4, -0.2) is 5.60 Å². The molecule has 15 heavy (non-hydrogen) atoms. The second-order valence-electron chi connectivity index (χ2n) is 4.75. The average Bonchev–Trinajstić information content (AvgIpc) is 2.59. The van der Waals surface area contributed by atoms with Crippen LogP contribution in [0.3, 0.4) is 0 Å². The fourth-order valence-electron chi connectivity index (χ4n) is 2.88. The molecule has 1 aliphatic carbocycles. The molecule has 0 aromatic heterocycles. The first-order valence-electron chi connectivity index (χ1n) is 5.76. The Labute approximate surface area is 89.3 Å². The molecule has 1 aromatic carbocycles. The summed E-state index contributed by atoms with van der Waals surface area (Å²) in [5.41, 5.74) is 0.986. The van der Waals surface area contributed by atoms with Crippen molar-refractivity contribution in [3.8, 4) is 5.75 Å². The Balaban J connectivity index is 1.94. The molecule has 0 atom stereocenters. The van der Waals surface area contributed by atoms with Gasteiger partial charge in [0.25, 0.3) is 0 Å². The Kier molecular flexibility index (Phi) is 1.98. The third-order valence-electron chi connectivity index (χ3n) is 3.64. The van der Waals surface area contributed by atoms with Crippen molar-refractivity contribution in [2.75, 3.05) is 0 Å². The summed E-state index contributed by atoms with van der Waals surface area (Å²) in [4.78, 5) is 0. The van der Waals surface area contributed by atoms with E-state index in [1.54, 1.807) is 6.07 Å². The second kappa shape index (κ2) is 3.22. The van der Waals surface area contributed by atoms with Crippen LogP contribution in [0.25, 0.3) is 0 Å². The monoisotopic (exact) mass is 206 g/mol. The van der Waals surface area contributed by atoms with Crippen molar-refractivity contribution >= 4 is 0 Å². The van der Waals surface area contributed by atoms with Crippen LogP contribution >= 0.6 is 0 Å². The van der Waals surface area contributed by atoms with E-state index >= 15 is 0 Å². The third-order valence-corrected chi connectivity index (χ3v) is 3.64. The van der Waals surface area contributed by atoms with E-state index in [4.69, 9.17) is 4.74 Å². The van der Waals surface area contributed by atoms with E-state index in [0.29, 0.717) is 5.75 Å². The zero-order valence-corrected chi connectivity index (χ0v) is 8.76. The van der Waals surface area contributed by atoms with E-state index in [9.17, 15) is 4.39 Å². The highest BCUT2D eigenvalue weighted by molar-refractivity contribution is 5.40. The summed E-state index contributed by atoms with van der Waals surface area (Å²) in [5, 5.41) is 0. The van der Waals surface area contributed by atoms with E-state index in [0.717, 1.165) is 24.8 Å². The number of fused-ring (bicyclic) bond motifs is 1. The Hall–Kier alpha value is -1.05. The summed E-state index contributed by atoms with van der Waals surface area (Å²) in [7, 11) is 0. The fraction of sp³-hybridized carbons (Fsp3) is 0.538. The van der Waals surface area contributed by atoms with Crippen LogP contribution in [-0.2, 0) is 6.42 Å². The van der Waals surface area contributed by atoms with Gasteiger partial charge in [0.15, 0.2) is 11.6 Å². The smallest absolute Gasteiger partial charge is 0.165 e. The lowest BCUT2D eigenvalue weighted by Gasteiger charge is -2.32. The SMILES string of the molecule is Fc1cccc2c1OC1(CCCCC1)C2. The molecule has 1 aliphatic heterocycles. The highest BCUT2D eigenvalue weighted by atomic mass is 19.1. The van der Waals surface area contributed by atoms with Crippen LogP contribution < -0.4 is 4.74 Å². The normalized spacial score (nSPS) is 22.5. The van der Waals surface area contributed by atoms with E-state index in [2.05, 4.69) is 0 Å². The number of ether oxygens (including phenoxy) is 1. The molecule has 0 radical (unpaired) electrons. The molecule has 3 rings (SSSR count). The standard InChI is InChI=1S/C13H15FO/c14-11-6-4-5-10-9-13(15-12(10)11)7-2-1-3-8-13/h4-6H,1-3,7-9H2. The van der Waals surface area contributed by atoms with E-state index in [1.807, 2.05) is 6.07 Å². The van der Waals surface area contributed by atoms with Gasteiger partial charge in [0.1, 0.15) is 5.60 Å². The molecule has 1 nitrogen and oxygen atoms in total. The van der Waals surface area contributed by atoms with E-state index in [-0.39, 0.29) is 11.4 Å². The van der Waals surface area contributed by atoms with Crippen LogP contribution in [0.15, 0.2) is 18.2 Å². The maximum Gasteiger partial charge on any atom is 0.165 e. The van der Waals surface area contributed by atoms with Gasteiger partial charge < -0.3 is 4.74 Å². The van der Waals surface area contributed by atoms with Crippen molar-refractivity contribution in [2.45, 2.75) is 44.1 Å². The van der Waals surface area contributed by atoms with Crippen molar-refractivity contribution in [1.29, 1.82) is 0 Å². The van der Waals surface area contributed by atoms with Gasteiger partial charge in [-0.05, 0) is 31.7 Å². The van der Waals surface area contributed by atoms with Gasteiger partial charge in [-0.3, -0.25) is 0 Å². The van der Waals surface area contributed by atoms with Crippen molar-refractivity contribution in [3.05, 3.63) is 29.6 Å². The Morgan fingerprint density at radius 2 is 1.93 bits per heavy atom. The maximum atomic E-state index is 13.5. The molecule has 2 aliphatic rings. The number of benzene rings is 1. The maximum absolute atomic E-state index is 13.5. The predicted octanol–water partition coefficient (Wildman–Crippen LogP) is 3.46. The largest absolute Gasteiger partial charge is 0.484 e. The fourth-order valence-corrected chi connectivity index (χ4v) is 2.88. The minimum atomic E-state index is -0.199. The van der Waals surface area contributed by atoms with Crippen LogP contribution in [0.2, 0.25) is 0 Å². The summed E-state index contributed by atoms with van der Waals surface area (Å²) in [6, 6.07) is 5.25. The van der Waals surface area contributed by atoms with Gasteiger partial charge in [-0.1, -0.05) is 18.6 Å². The molecular formula is C13H15FO. The van der Waals surface area contributed by atoms with Crippen molar-refractivity contribution < 1.29 is 9.13 Å².